The van der Waals surface area contributed by atoms with E-state index < -0.39 is 5.97 Å². The molecule has 72 valence electrons. The predicted octanol–water partition coefficient (Wildman–Crippen LogP) is 0.544. The van der Waals surface area contributed by atoms with Crippen LogP contribution in [0.15, 0.2) is 17.6 Å². The van der Waals surface area contributed by atoms with Crippen LogP contribution in [0.2, 0.25) is 0 Å². The van der Waals surface area contributed by atoms with Gasteiger partial charge in [0, 0.05) is 12.4 Å². The van der Waals surface area contributed by atoms with Gasteiger partial charge in [0.2, 0.25) is 5.16 Å². The first-order chi connectivity index (χ1) is 6.70. The number of carbonyl (C=O) groups is 1. The average Bonchev–Trinajstić information content (AvgIpc) is 2.58. The van der Waals surface area contributed by atoms with E-state index in [-0.39, 0.29) is 5.56 Å². The van der Waals surface area contributed by atoms with Gasteiger partial charge in [-0.2, -0.15) is 4.98 Å². The quantitative estimate of drug-likeness (QED) is 0.729. The highest BCUT2D eigenvalue weighted by molar-refractivity contribution is 7.98. The van der Waals surface area contributed by atoms with Crippen molar-refractivity contribution in [3.05, 3.63) is 18.0 Å². The molecule has 0 amide bonds. The molecule has 2 rings (SSSR count). The van der Waals surface area contributed by atoms with Crippen molar-refractivity contribution in [3.63, 3.8) is 0 Å². The summed E-state index contributed by atoms with van der Waals surface area (Å²) >= 11 is 1.38. The van der Waals surface area contributed by atoms with Crippen LogP contribution in [0.4, 0.5) is 0 Å². The monoisotopic (exact) mass is 210 g/mol. The second kappa shape index (κ2) is 3.26. The molecule has 0 radical (unpaired) electrons. The lowest BCUT2D eigenvalue weighted by atomic mass is 10.4. The summed E-state index contributed by atoms with van der Waals surface area (Å²) in [5.41, 5.74) is 0.0926. The first-order valence-corrected chi connectivity index (χ1v) is 4.93. The van der Waals surface area contributed by atoms with Crippen molar-refractivity contribution >= 4 is 23.5 Å². The van der Waals surface area contributed by atoms with Gasteiger partial charge in [-0.05, 0) is 6.26 Å². The van der Waals surface area contributed by atoms with Crippen molar-refractivity contribution in [1.82, 2.24) is 19.6 Å². The first kappa shape index (κ1) is 8.95. The molecule has 0 bridgehead atoms. The second-order valence-corrected chi connectivity index (χ2v) is 3.26. The van der Waals surface area contributed by atoms with E-state index in [1.165, 1.54) is 28.7 Å². The standard InChI is InChI=1S/C7H6N4O2S/c1-14-7-9-6-8-2-4(5(12)13)3-11(6)10-7/h2-3H,1H3,(H,12,13). The third-order valence-corrected chi connectivity index (χ3v) is 2.14. The molecule has 0 spiro atoms. The number of aromatic carboxylic acids is 1. The summed E-state index contributed by atoms with van der Waals surface area (Å²) in [5.74, 6) is -0.625. The largest absolute Gasteiger partial charge is 0.478 e. The molecule has 0 saturated carbocycles. The Hall–Kier alpha value is -1.63. The minimum absolute atomic E-state index is 0.0926. The zero-order chi connectivity index (χ0) is 10.1. The average molecular weight is 210 g/mol. The topological polar surface area (TPSA) is 80.4 Å². The second-order valence-electron chi connectivity index (χ2n) is 2.49. The van der Waals surface area contributed by atoms with Crippen LogP contribution >= 0.6 is 11.8 Å². The van der Waals surface area contributed by atoms with Gasteiger partial charge in [0.1, 0.15) is 0 Å². The van der Waals surface area contributed by atoms with Gasteiger partial charge >= 0.3 is 5.97 Å². The fourth-order valence-corrected chi connectivity index (χ4v) is 1.30. The third kappa shape index (κ3) is 1.41. The lowest BCUT2D eigenvalue weighted by molar-refractivity contribution is 0.0695. The van der Waals surface area contributed by atoms with Gasteiger partial charge in [-0.1, -0.05) is 11.8 Å². The van der Waals surface area contributed by atoms with Gasteiger partial charge in [-0.3, -0.25) is 0 Å². The lowest BCUT2D eigenvalue weighted by Gasteiger charge is -1.92. The molecule has 0 unspecified atom stereocenters. The van der Waals surface area contributed by atoms with Crippen molar-refractivity contribution in [2.75, 3.05) is 6.26 Å². The molecule has 2 aromatic rings. The number of rotatable bonds is 2. The fraction of sp³-hybridized carbons (Fsp3) is 0.143. The van der Waals surface area contributed by atoms with Crippen LogP contribution in [0, 0.1) is 0 Å². The van der Waals surface area contributed by atoms with E-state index in [1.54, 1.807) is 0 Å². The van der Waals surface area contributed by atoms with Crippen LogP contribution in [0.25, 0.3) is 5.78 Å². The van der Waals surface area contributed by atoms with E-state index in [2.05, 4.69) is 15.1 Å². The van der Waals surface area contributed by atoms with Gasteiger partial charge in [-0.25, -0.2) is 14.3 Å². The van der Waals surface area contributed by atoms with Crippen molar-refractivity contribution in [2.24, 2.45) is 0 Å². The molecule has 7 heteroatoms. The maximum atomic E-state index is 10.6. The zero-order valence-corrected chi connectivity index (χ0v) is 8.02. The number of hydrogen-bond donors (Lipinski definition) is 1. The Morgan fingerprint density at radius 3 is 3.07 bits per heavy atom. The highest BCUT2D eigenvalue weighted by Crippen LogP contribution is 2.09. The first-order valence-electron chi connectivity index (χ1n) is 3.70. The Morgan fingerprint density at radius 1 is 1.64 bits per heavy atom. The Labute approximate surface area is 83.0 Å². The number of carboxylic acids is 1. The Bertz CT molecular complexity index is 495. The van der Waals surface area contributed by atoms with Crippen LogP contribution in [0.3, 0.4) is 0 Å². The highest BCUT2D eigenvalue weighted by atomic mass is 32.2. The van der Waals surface area contributed by atoms with Crippen LogP contribution in [-0.4, -0.2) is 36.9 Å². The maximum Gasteiger partial charge on any atom is 0.338 e. The van der Waals surface area contributed by atoms with Gasteiger partial charge in [-0.15, -0.1) is 5.10 Å². The van der Waals surface area contributed by atoms with Crippen molar-refractivity contribution < 1.29 is 9.90 Å². The molecule has 0 aliphatic rings. The normalized spacial score (nSPS) is 10.6. The molecule has 0 saturated heterocycles. The molecule has 14 heavy (non-hydrogen) atoms. The summed E-state index contributed by atoms with van der Waals surface area (Å²) in [6.07, 6.45) is 4.49. The molecular formula is C7H6N4O2S. The summed E-state index contributed by atoms with van der Waals surface area (Å²) in [6, 6.07) is 0. The molecule has 0 aromatic carbocycles. The van der Waals surface area contributed by atoms with Crippen molar-refractivity contribution in [2.45, 2.75) is 5.16 Å². The number of hydrogen-bond acceptors (Lipinski definition) is 5. The number of fused-ring (bicyclic) bond motifs is 1. The Balaban J connectivity index is 2.59. The van der Waals surface area contributed by atoms with Crippen LogP contribution in [0.5, 0.6) is 0 Å². The molecule has 0 aliphatic heterocycles. The minimum Gasteiger partial charge on any atom is -0.478 e. The van der Waals surface area contributed by atoms with Gasteiger partial charge in [0.15, 0.2) is 0 Å². The van der Waals surface area contributed by atoms with E-state index in [4.69, 9.17) is 5.11 Å². The molecule has 1 N–H and O–H groups in total. The van der Waals surface area contributed by atoms with E-state index in [0.717, 1.165) is 0 Å². The summed E-state index contributed by atoms with van der Waals surface area (Å²) < 4.78 is 1.36. The number of aromatic nitrogens is 4. The maximum absolute atomic E-state index is 10.6. The third-order valence-electron chi connectivity index (χ3n) is 1.60. The Kier molecular flexibility index (Phi) is 2.08. The summed E-state index contributed by atoms with van der Waals surface area (Å²) in [4.78, 5) is 18.5. The van der Waals surface area contributed by atoms with E-state index >= 15 is 0 Å². The van der Waals surface area contributed by atoms with Crippen LogP contribution in [-0.2, 0) is 0 Å². The van der Waals surface area contributed by atoms with Crippen molar-refractivity contribution in [1.29, 1.82) is 0 Å². The van der Waals surface area contributed by atoms with Crippen LogP contribution < -0.4 is 0 Å². The summed E-state index contributed by atoms with van der Waals surface area (Å²) in [7, 11) is 0. The molecular weight excluding hydrogens is 204 g/mol. The zero-order valence-electron chi connectivity index (χ0n) is 7.21. The minimum atomic E-state index is -1.03. The van der Waals surface area contributed by atoms with E-state index in [0.29, 0.717) is 10.9 Å². The Morgan fingerprint density at radius 2 is 2.43 bits per heavy atom. The molecule has 0 fully saturated rings. The van der Waals surface area contributed by atoms with Gasteiger partial charge in [0.25, 0.3) is 5.78 Å². The number of carboxylic acid groups (broad SMARTS) is 1. The number of thioether (sulfide) groups is 1. The SMILES string of the molecule is CSc1nc2ncc(C(=O)O)cn2n1. The van der Waals surface area contributed by atoms with Crippen molar-refractivity contribution in [3.8, 4) is 0 Å². The van der Waals surface area contributed by atoms with E-state index in [9.17, 15) is 4.79 Å². The predicted molar refractivity (Wildman–Crippen MR) is 49.5 cm³/mol. The molecule has 0 aliphatic carbocycles. The van der Waals surface area contributed by atoms with Crippen LogP contribution in [0.1, 0.15) is 10.4 Å². The van der Waals surface area contributed by atoms with Gasteiger partial charge < -0.3 is 5.11 Å². The molecule has 2 aromatic heterocycles. The lowest BCUT2D eigenvalue weighted by Crippen LogP contribution is -2.01. The fourth-order valence-electron chi connectivity index (χ4n) is 0.960. The summed E-state index contributed by atoms with van der Waals surface area (Å²) in [5, 5.41) is 13.3. The van der Waals surface area contributed by atoms with E-state index in [1.807, 2.05) is 6.26 Å². The molecule has 2 heterocycles. The van der Waals surface area contributed by atoms with Gasteiger partial charge in [0.05, 0.1) is 5.56 Å². The highest BCUT2D eigenvalue weighted by Gasteiger charge is 2.07. The summed E-state index contributed by atoms with van der Waals surface area (Å²) in [6.45, 7) is 0. The smallest absolute Gasteiger partial charge is 0.338 e. The molecule has 0 atom stereocenters. The number of nitrogens with zero attached hydrogens (tertiary/aromatic N) is 4. The molecule has 6 nitrogen and oxygen atoms in total.